The Bertz CT molecular complexity index is 523. The molecule has 0 spiro atoms. The van der Waals surface area contributed by atoms with Crippen molar-refractivity contribution in [3.63, 3.8) is 0 Å². The molecule has 3 unspecified atom stereocenters. The molecule has 4 aliphatic carbocycles. The molecule has 0 radical (unpaired) electrons. The lowest BCUT2D eigenvalue weighted by atomic mass is 9.83. The van der Waals surface area contributed by atoms with Crippen LogP contribution in [0.4, 0.5) is 0 Å². The standard InChI is InChI=1S/C27H50O5Si/c1-29-33(31-24-13-7-3-8-14-24,32-25-15-9-4-10-16-25)20-19-22-17-18-26(28)27(21-22)30-23-11-5-2-6-12-23/h22-28H,2-21H2,1H3. The molecule has 33 heavy (non-hydrogen) atoms. The van der Waals surface area contributed by atoms with Crippen molar-refractivity contribution in [2.75, 3.05) is 7.11 Å². The molecule has 4 aliphatic rings. The van der Waals surface area contributed by atoms with Gasteiger partial charge in [-0.25, -0.2) is 0 Å². The predicted molar refractivity (Wildman–Crippen MR) is 133 cm³/mol. The Morgan fingerprint density at radius 3 is 1.70 bits per heavy atom. The first kappa shape index (κ1) is 26.1. The molecule has 6 heteroatoms. The molecular weight excluding hydrogens is 432 g/mol. The molecule has 0 saturated heterocycles. The van der Waals surface area contributed by atoms with Crippen LogP contribution in [0.15, 0.2) is 0 Å². The van der Waals surface area contributed by atoms with Crippen LogP contribution in [0, 0.1) is 5.92 Å². The van der Waals surface area contributed by atoms with Gasteiger partial charge in [-0.1, -0.05) is 57.8 Å². The van der Waals surface area contributed by atoms with Crippen molar-refractivity contribution in [1.29, 1.82) is 0 Å². The summed E-state index contributed by atoms with van der Waals surface area (Å²) in [5, 5.41) is 10.6. The number of aliphatic hydroxyl groups is 1. The first-order valence-corrected chi connectivity index (χ1v) is 16.3. The molecule has 5 nitrogen and oxygen atoms in total. The molecule has 0 aromatic heterocycles. The summed E-state index contributed by atoms with van der Waals surface area (Å²) in [7, 11) is -0.882. The molecule has 0 bridgehead atoms. The highest BCUT2D eigenvalue weighted by Gasteiger charge is 2.45. The van der Waals surface area contributed by atoms with Gasteiger partial charge in [0, 0.05) is 25.4 Å². The van der Waals surface area contributed by atoms with Gasteiger partial charge < -0.3 is 23.1 Å². The van der Waals surface area contributed by atoms with Gasteiger partial charge in [-0.05, 0) is 70.1 Å². The van der Waals surface area contributed by atoms with E-state index in [0.29, 0.717) is 24.2 Å². The van der Waals surface area contributed by atoms with Crippen molar-refractivity contribution in [2.45, 2.75) is 159 Å². The van der Waals surface area contributed by atoms with Gasteiger partial charge in [-0.3, -0.25) is 0 Å². The number of hydrogen-bond donors (Lipinski definition) is 1. The molecule has 192 valence electrons. The molecular formula is C27H50O5Si. The summed E-state index contributed by atoms with van der Waals surface area (Å²) in [6, 6.07) is 0.910. The zero-order valence-corrected chi connectivity index (χ0v) is 22.2. The fourth-order valence-corrected chi connectivity index (χ4v) is 9.59. The second kappa shape index (κ2) is 13.4. The van der Waals surface area contributed by atoms with Crippen LogP contribution in [0.25, 0.3) is 0 Å². The summed E-state index contributed by atoms with van der Waals surface area (Å²) < 4.78 is 26.3. The van der Waals surface area contributed by atoms with Crippen LogP contribution < -0.4 is 0 Å². The average molecular weight is 483 g/mol. The smallest absolute Gasteiger partial charge is 0.390 e. The molecule has 1 N–H and O–H groups in total. The van der Waals surface area contributed by atoms with Crippen LogP contribution in [0.2, 0.25) is 6.04 Å². The summed E-state index contributed by atoms with van der Waals surface area (Å²) in [6.45, 7) is 0. The lowest BCUT2D eigenvalue weighted by molar-refractivity contribution is -0.113. The lowest BCUT2D eigenvalue weighted by Crippen LogP contribution is -2.51. The zero-order chi connectivity index (χ0) is 22.9. The van der Waals surface area contributed by atoms with E-state index in [9.17, 15) is 5.11 Å². The van der Waals surface area contributed by atoms with Crippen LogP contribution in [0.1, 0.15) is 122 Å². The number of hydrogen-bond acceptors (Lipinski definition) is 5. The summed E-state index contributed by atoms with van der Waals surface area (Å²) >= 11 is 0. The Balaban J connectivity index is 1.34. The van der Waals surface area contributed by atoms with E-state index in [1.165, 1.54) is 57.8 Å². The fraction of sp³-hybridized carbons (Fsp3) is 1.00. The third-order valence-electron chi connectivity index (χ3n) is 8.75. The molecule has 4 saturated carbocycles. The Morgan fingerprint density at radius 2 is 1.18 bits per heavy atom. The van der Waals surface area contributed by atoms with Crippen molar-refractivity contribution >= 4 is 8.80 Å². The van der Waals surface area contributed by atoms with E-state index in [-0.39, 0.29) is 12.2 Å². The highest BCUT2D eigenvalue weighted by Crippen LogP contribution is 2.37. The summed E-state index contributed by atoms with van der Waals surface area (Å²) in [5.41, 5.74) is 0. The minimum absolute atomic E-state index is 0.00369. The van der Waals surface area contributed by atoms with Crippen LogP contribution in [0.3, 0.4) is 0 Å². The summed E-state index contributed by atoms with van der Waals surface area (Å²) in [5.74, 6) is 0.564. The number of aliphatic hydroxyl groups excluding tert-OH is 1. The molecule has 4 fully saturated rings. The van der Waals surface area contributed by atoms with E-state index in [4.69, 9.17) is 18.0 Å². The van der Waals surface area contributed by atoms with Gasteiger partial charge >= 0.3 is 8.80 Å². The maximum atomic E-state index is 10.6. The Kier molecular flexibility index (Phi) is 10.6. The quantitative estimate of drug-likeness (QED) is 0.358. The van der Waals surface area contributed by atoms with Crippen molar-refractivity contribution in [3.05, 3.63) is 0 Å². The highest BCUT2D eigenvalue weighted by molar-refractivity contribution is 6.60. The number of rotatable bonds is 10. The molecule has 4 rings (SSSR count). The maximum absolute atomic E-state index is 10.6. The topological polar surface area (TPSA) is 57.2 Å². The van der Waals surface area contributed by atoms with Gasteiger partial charge in [0.25, 0.3) is 0 Å². The van der Waals surface area contributed by atoms with Gasteiger partial charge in [-0.15, -0.1) is 0 Å². The largest absolute Gasteiger partial charge is 0.501 e. The van der Waals surface area contributed by atoms with Crippen molar-refractivity contribution in [1.82, 2.24) is 0 Å². The predicted octanol–water partition coefficient (Wildman–Crippen LogP) is 6.54. The van der Waals surface area contributed by atoms with E-state index in [0.717, 1.165) is 70.3 Å². The fourth-order valence-electron chi connectivity index (χ4n) is 6.65. The SMILES string of the molecule is CO[Si](CCC1CCC(O)C(OC2CCCCC2)C1)(OC1CCCCC1)OC1CCCCC1. The normalized spacial score (nSPS) is 31.6. The molecule has 0 aromatic carbocycles. The van der Waals surface area contributed by atoms with E-state index in [1.54, 1.807) is 0 Å². The molecule has 3 atom stereocenters. The highest BCUT2D eigenvalue weighted by atomic mass is 28.4. The average Bonchev–Trinajstić information content (AvgIpc) is 2.86. The van der Waals surface area contributed by atoms with Gasteiger partial charge in [0.1, 0.15) is 0 Å². The second-order valence-electron chi connectivity index (χ2n) is 11.4. The Morgan fingerprint density at radius 1 is 0.667 bits per heavy atom. The van der Waals surface area contributed by atoms with Crippen LogP contribution in [-0.4, -0.2) is 51.5 Å². The third kappa shape index (κ3) is 8.01. The minimum atomic E-state index is -2.71. The number of ether oxygens (including phenoxy) is 1. The lowest BCUT2D eigenvalue weighted by Gasteiger charge is -2.39. The second-order valence-corrected chi connectivity index (χ2v) is 14.1. The minimum Gasteiger partial charge on any atom is -0.390 e. The first-order chi connectivity index (χ1) is 16.2. The zero-order valence-electron chi connectivity index (χ0n) is 21.2. The summed E-state index contributed by atoms with van der Waals surface area (Å²) in [6.07, 6.45) is 23.2. The monoisotopic (exact) mass is 482 g/mol. The summed E-state index contributed by atoms with van der Waals surface area (Å²) in [4.78, 5) is 0. The van der Waals surface area contributed by atoms with Crippen molar-refractivity contribution in [3.8, 4) is 0 Å². The Hall–Kier alpha value is 0.0169. The first-order valence-electron chi connectivity index (χ1n) is 14.4. The van der Waals surface area contributed by atoms with E-state index in [2.05, 4.69) is 0 Å². The third-order valence-corrected chi connectivity index (χ3v) is 11.7. The molecule has 0 amide bonds. The van der Waals surface area contributed by atoms with E-state index < -0.39 is 8.80 Å². The van der Waals surface area contributed by atoms with Crippen molar-refractivity contribution in [2.24, 2.45) is 5.92 Å². The van der Waals surface area contributed by atoms with Gasteiger partial charge in [0.15, 0.2) is 0 Å². The van der Waals surface area contributed by atoms with E-state index in [1.807, 2.05) is 7.11 Å². The van der Waals surface area contributed by atoms with Crippen LogP contribution in [-0.2, 0) is 18.0 Å². The van der Waals surface area contributed by atoms with Gasteiger partial charge in [-0.2, -0.15) is 0 Å². The maximum Gasteiger partial charge on any atom is 0.501 e. The van der Waals surface area contributed by atoms with Crippen LogP contribution in [0.5, 0.6) is 0 Å². The molecule has 0 aromatic rings. The Labute approximate surface area is 203 Å². The van der Waals surface area contributed by atoms with Gasteiger partial charge in [0.05, 0.1) is 18.3 Å². The molecule has 0 aliphatic heterocycles. The van der Waals surface area contributed by atoms with Crippen molar-refractivity contribution < 1.29 is 23.1 Å². The van der Waals surface area contributed by atoms with Gasteiger partial charge in [0.2, 0.25) is 0 Å². The molecule has 0 heterocycles. The van der Waals surface area contributed by atoms with Crippen LogP contribution >= 0.6 is 0 Å². The van der Waals surface area contributed by atoms with E-state index >= 15 is 0 Å².